The van der Waals surface area contributed by atoms with Crippen LogP contribution in [-0.2, 0) is 11.3 Å². The summed E-state index contributed by atoms with van der Waals surface area (Å²) in [5.41, 5.74) is 0.920. The maximum absolute atomic E-state index is 12.0. The predicted molar refractivity (Wildman–Crippen MR) is 79.2 cm³/mol. The lowest BCUT2D eigenvalue weighted by Crippen LogP contribution is -2.46. The maximum Gasteiger partial charge on any atom is 0.326 e. The molecule has 1 atom stereocenters. The largest absolute Gasteiger partial charge is 0.497 e. The molecular formula is C15H20N2O4. The molecule has 6 nitrogen and oxygen atoms in total. The highest BCUT2D eigenvalue weighted by Crippen LogP contribution is 2.12. The number of methoxy groups -OCH3 is 1. The van der Waals surface area contributed by atoms with Gasteiger partial charge in [0, 0.05) is 13.6 Å². The number of nitrogens with one attached hydrogen (secondary N) is 1. The van der Waals surface area contributed by atoms with Crippen LogP contribution in [0.15, 0.2) is 36.9 Å². The van der Waals surface area contributed by atoms with Crippen molar-refractivity contribution in [2.24, 2.45) is 0 Å². The van der Waals surface area contributed by atoms with Crippen LogP contribution < -0.4 is 10.1 Å². The SMILES string of the molecule is C=CCC(NC(=O)N(C)Cc1ccc(OC)cc1)C(=O)O. The molecule has 0 aliphatic carbocycles. The Morgan fingerprint density at radius 3 is 2.52 bits per heavy atom. The molecule has 0 aliphatic heterocycles. The van der Waals surface area contributed by atoms with Crippen molar-refractivity contribution in [3.63, 3.8) is 0 Å². The second kappa shape index (κ2) is 7.94. The van der Waals surface area contributed by atoms with E-state index < -0.39 is 18.0 Å². The van der Waals surface area contributed by atoms with Gasteiger partial charge >= 0.3 is 12.0 Å². The molecule has 0 aliphatic rings. The van der Waals surface area contributed by atoms with Crippen LogP contribution in [0.2, 0.25) is 0 Å². The van der Waals surface area contributed by atoms with E-state index in [1.807, 2.05) is 12.1 Å². The zero-order valence-corrected chi connectivity index (χ0v) is 12.2. The summed E-state index contributed by atoms with van der Waals surface area (Å²) in [6, 6.07) is 5.90. The van der Waals surface area contributed by atoms with Gasteiger partial charge in [0.2, 0.25) is 0 Å². The minimum atomic E-state index is -1.08. The summed E-state index contributed by atoms with van der Waals surface area (Å²) in [4.78, 5) is 24.4. The summed E-state index contributed by atoms with van der Waals surface area (Å²) in [6.45, 7) is 3.85. The molecule has 21 heavy (non-hydrogen) atoms. The number of aliphatic carboxylic acids is 1. The summed E-state index contributed by atoms with van der Waals surface area (Å²) >= 11 is 0. The van der Waals surface area contributed by atoms with E-state index in [4.69, 9.17) is 9.84 Å². The molecule has 0 saturated heterocycles. The Kier molecular flexibility index (Phi) is 6.26. The molecule has 0 spiro atoms. The molecule has 0 aromatic heterocycles. The molecule has 114 valence electrons. The van der Waals surface area contributed by atoms with Gasteiger partial charge in [0.15, 0.2) is 0 Å². The first-order valence-corrected chi connectivity index (χ1v) is 6.46. The normalized spacial score (nSPS) is 11.3. The van der Waals surface area contributed by atoms with E-state index >= 15 is 0 Å². The van der Waals surface area contributed by atoms with Crippen LogP contribution in [0.5, 0.6) is 5.75 Å². The van der Waals surface area contributed by atoms with Crippen molar-refractivity contribution in [2.75, 3.05) is 14.2 Å². The van der Waals surface area contributed by atoms with Crippen LogP contribution in [0.1, 0.15) is 12.0 Å². The molecule has 0 fully saturated rings. The second-order valence-corrected chi connectivity index (χ2v) is 4.57. The predicted octanol–water partition coefficient (Wildman–Crippen LogP) is 1.87. The smallest absolute Gasteiger partial charge is 0.326 e. The van der Waals surface area contributed by atoms with Gasteiger partial charge in [0.25, 0.3) is 0 Å². The molecule has 6 heteroatoms. The van der Waals surface area contributed by atoms with Gasteiger partial charge in [-0.05, 0) is 24.1 Å². The molecule has 2 amide bonds. The molecule has 0 bridgehead atoms. The van der Waals surface area contributed by atoms with Crippen molar-refractivity contribution < 1.29 is 19.4 Å². The van der Waals surface area contributed by atoms with Gasteiger partial charge in [0.05, 0.1) is 7.11 Å². The van der Waals surface area contributed by atoms with Crippen molar-refractivity contribution >= 4 is 12.0 Å². The quantitative estimate of drug-likeness (QED) is 0.752. The number of amides is 2. The van der Waals surface area contributed by atoms with Crippen LogP contribution in [0.3, 0.4) is 0 Å². The number of benzene rings is 1. The lowest BCUT2D eigenvalue weighted by Gasteiger charge is -2.21. The first-order valence-electron chi connectivity index (χ1n) is 6.46. The highest BCUT2D eigenvalue weighted by molar-refractivity contribution is 5.82. The Bertz CT molecular complexity index is 499. The number of carbonyl (C=O) groups is 2. The molecule has 1 unspecified atom stereocenters. The van der Waals surface area contributed by atoms with Gasteiger partial charge in [-0.2, -0.15) is 0 Å². The maximum atomic E-state index is 12.0. The highest BCUT2D eigenvalue weighted by Gasteiger charge is 2.20. The first-order chi connectivity index (χ1) is 9.97. The molecule has 1 aromatic rings. The molecular weight excluding hydrogens is 272 g/mol. The number of rotatable bonds is 7. The Hall–Kier alpha value is -2.50. The third-order valence-corrected chi connectivity index (χ3v) is 2.92. The highest BCUT2D eigenvalue weighted by atomic mass is 16.5. The topological polar surface area (TPSA) is 78.9 Å². The summed E-state index contributed by atoms with van der Waals surface area (Å²) in [5.74, 6) is -0.344. The lowest BCUT2D eigenvalue weighted by molar-refractivity contribution is -0.139. The molecule has 0 radical (unpaired) electrons. The van der Waals surface area contributed by atoms with Gasteiger partial charge < -0.3 is 20.1 Å². The third kappa shape index (κ3) is 5.18. The Morgan fingerprint density at radius 1 is 1.43 bits per heavy atom. The zero-order chi connectivity index (χ0) is 15.8. The van der Waals surface area contributed by atoms with E-state index in [0.29, 0.717) is 6.54 Å². The second-order valence-electron chi connectivity index (χ2n) is 4.57. The average molecular weight is 292 g/mol. The van der Waals surface area contributed by atoms with Crippen molar-refractivity contribution in [1.82, 2.24) is 10.2 Å². The Balaban J connectivity index is 2.60. The van der Waals surface area contributed by atoms with Gasteiger partial charge in [-0.15, -0.1) is 6.58 Å². The monoisotopic (exact) mass is 292 g/mol. The number of nitrogens with zero attached hydrogens (tertiary/aromatic N) is 1. The standard InChI is InChI=1S/C15H20N2O4/c1-4-5-13(14(18)19)16-15(20)17(2)10-11-6-8-12(21-3)9-7-11/h4,6-9,13H,1,5,10H2,2-3H3,(H,16,20)(H,18,19). The van der Waals surface area contributed by atoms with Gasteiger partial charge in [-0.1, -0.05) is 18.2 Å². The Labute approximate surface area is 124 Å². The first kappa shape index (κ1) is 16.6. The molecule has 1 aromatic carbocycles. The summed E-state index contributed by atoms with van der Waals surface area (Å²) in [7, 11) is 3.19. The number of hydrogen-bond acceptors (Lipinski definition) is 3. The number of ether oxygens (including phenoxy) is 1. The van der Waals surface area contributed by atoms with Crippen molar-refractivity contribution in [3.05, 3.63) is 42.5 Å². The summed E-state index contributed by atoms with van der Waals surface area (Å²) in [6.07, 6.45) is 1.64. The van der Waals surface area contributed by atoms with Gasteiger partial charge in [-0.25, -0.2) is 9.59 Å². The average Bonchev–Trinajstić information content (AvgIpc) is 2.47. The number of urea groups is 1. The van der Waals surface area contributed by atoms with E-state index in [9.17, 15) is 9.59 Å². The van der Waals surface area contributed by atoms with E-state index in [-0.39, 0.29) is 6.42 Å². The van der Waals surface area contributed by atoms with Gasteiger partial charge in [-0.3, -0.25) is 0 Å². The van der Waals surface area contributed by atoms with Crippen molar-refractivity contribution in [2.45, 2.75) is 19.0 Å². The number of carboxylic acids is 1. The minimum absolute atomic E-state index is 0.178. The molecule has 0 heterocycles. The van der Waals surface area contributed by atoms with Crippen molar-refractivity contribution in [3.8, 4) is 5.75 Å². The number of hydrogen-bond donors (Lipinski definition) is 2. The van der Waals surface area contributed by atoms with E-state index in [2.05, 4.69) is 11.9 Å². The van der Waals surface area contributed by atoms with Crippen molar-refractivity contribution in [1.29, 1.82) is 0 Å². The number of carboxylic acid groups (broad SMARTS) is 1. The van der Waals surface area contributed by atoms with E-state index in [1.54, 1.807) is 26.3 Å². The third-order valence-electron chi connectivity index (χ3n) is 2.92. The zero-order valence-electron chi connectivity index (χ0n) is 12.2. The molecule has 2 N–H and O–H groups in total. The number of carbonyl (C=O) groups excluding carboxylic acids is 1. The lowest BCUT2D eigenvalue weighted by atomic mass is 10.2. The van der Waals surface area contributed by atoms with E-state index in [0.717, 1.165) is 11.3 Å². The van der Waals surface area contributed by atoms with Crippen LogP contribution in [0.4, 0.5) is 4.79 Å². The minimum Gasteiger partial charge on any atom is -0.497 e. The van der Waals surface area contributed by atoms with Crippen LogP contribution in [0, 0.1) is 0 Å². The van der Waals surface area contributed by atoms with Crippen LogP contribution in [-0.4, -0.2) is 42.2 Å². The van der Waals surface area contributed by atoms with Crippen LogP contribution in [0.25, 0.3) is 0 Å². The summed E-state index contributed by atoms with van der Waals surface area (Å²) in [5, 5.41) is 11.4. The van der Waals surface area contributed by atoms with Gasteiger partial charge in [0.1, 0.15) is 11.8 Å². The Morgan fingerprint density at radius 2 is 2.05 bits per heavy atom. The molecule has 1 rings (SSSR count). The van der Waals surface area contributed by atoms with Crippen LogP contribution >= 0.6 is 0 Å². The fourth-order valence-corrected chi connectivity index (χ4v) is 1.72. The molecule has 0 saturated carbocycles. The fourth-order valence-electron chi connectivity index (χ4n) is 1.72. The van der Waals surface area contributed by atoms with E-state index in [1.165, 1.54) is 11.0 Å². The fraction of sp³-hybridized carbons (Fsp3) is 0.333. The summed E-state index contributed by atoms with van der Waals surface area (Å²) < 4.78 is 5.06.